The molecular weight excluding hydrogens is 311 g/mol. The number of hydrogen-bond donors (Lipinski definition) is 2. The number of halogens is 2. The summed E-state index contributed by atoms with van der Waals surface area (Å²) >= 11 is 3.20. The minimum absolute atomic E-state index is 0.158. The first-order valence-electron chi connectivity index (χ1n) is 4.83. The van der Waals surface area contributed by atoms with Crippen molar-refractivity contribution in [1.82, 2.24) is 4.72 Å². The third-order valence-corrected chi connectivity index (χ3v) is 4.44. The quantitative estimate of drug-likeness (QED) is 0.877. The highest BCUT2D eigenvalue weighted by molar-refractivity contribution is 9.10. The van der Waals surface area contributed by atoms with Gasteiger partial charge in [-0.05, 0) is 32.2 Å². The molecule has 0 amide bonds. The second-order valence-corrected chi connectivity index (χ2v) is 6.85. The van der Waals surface area contributed by atoms with Gasteiger partial charge in [0.05, 0.1) is 11.3 Å². The normalized spacial score (nSPS) is 15.6. The second-order valence-electron chi connectivity index (χ2n) is 4.00. The third kappa shape index (κ3) is 3.74. The lowest BCUT2D eigenvalue weighted by molar-refractivity contribution is 0.490. The van der Waals surface area contributed by atoms with Gasteiger partial charge >= 0.3 is 0 Å². The highest BCUT2D eigenvalue weighted by atomic mass is 79.9. The van der Waals surface area contributed by atoms with Crippen LogP contribution in [0.15, 0.2) is 22.7 Å². The van der Waals surface area contributed by atoms with Crippen LogP contribution in [-0.4, -0.2) is 21.2 Å². The van der Waals surface area contributed by atoms with Gasteiger partial charge in [0.1, 0.15) is 5.82 Å². The average Bonchev–Trinajstić information content (AvgIpc) is 2.20. The fraction of sp³-hybridized carbons (Fsp3) is 0.400. The molecule has 1 unspecified atom stereocenters. The number of benzene rings is 1. The molecular formula is C10H14BrFN2O2S. The highest BCUT2D eigenvalue weighted by Gasteiger charge is 2.30. The summed E-state index contributed by atoms with van der Waals surface area (Å²) < 4.78 is 39.4. The lowest BCUT2D eigenvalue weighted by atomic mass is 9.95. The molecule has 1 atom stereocenters. The zero-order chi connectivity index (χ0) is 13.3. The largest absolute Gasteiger partial charge is 0.321 e. The standard InChI is InChI=1S/C10H14BrFN2O2S/c1-10(13,6-17(15,16)14-2)8-5-7(11)3-4-9(8)12/h3-5,14H,6,13H2,1-2H3. The van der Waals surface area contributed by atoms with E-state index in [4.69, 9.17) is 5.73 Å². The number of nitrogens with one attached hydrogen (secondary N) is 1. The molecule has 0 fully saturated rings. The summed E-state index contributed by atoms with van der Waals surface area (Å²) in [5.74, 6) is -0.909. The van der Waals surface area contributed by atoms with Crippen LogP contribution in [-0.2, 0) is 15.6 Å². The molecule has 0 saturated heterocycles. The summed E-state index contributed by atoms with van der Waals surface area (Å²) in [4.78, 5) is 0. The average molecular weight is 325 g/mol. The summed E-state index contributed by atoms with van der Waals surface area (Å²) in [5.41, 5.74) is 4.75. The van der Waals surface area contributed by atoms with Gasteiger partial charge in [0, 0.05) is 10.0 Å². The predicted octanol–water partition coefficient (Wildman–Crippen LogP) is 1.31. The Labute approximate surface area is 109 Å². The summed E-state index contributed by atoms with van der Waals surface area (Å²) in [5, 5.41) is 0. The molecule has 3 N–H and O–H groups in total. The van der Waals surface area contributed by atoms with Crippen molar-refractivity contribution in [2.24, 2.45) is 5.73 Å². The minimum Gasteiger partial charge on any atom is -0.321 e. The number of nitrogens with two attached hydrogens (primary N) is 1. The van der Waals surface area contributed by atoms with E-state index in [0.29, 0.717) is 4.47 Å². The molecule has 96 valence electrons. The van der Waals surface area contributed by atoms with Crippen molar-refractivity contribution in [2.45, 2.75) is 12.5 Å². The molecule has 0 heterocycles. The van der Waals surface area contributed by atoms with E-state index >= 15 is 0 Å². The Hall–Kier alpha value is -0.500. The maximum Gasteiger partial charge on any atom is 0.213 e. The van der Waals surface area contributed by atoms with Crippen molar-refractivity contribution >= 4 is 26.0 Å². The molecule has 0 bridgehead atoms. The lowest BCUT2D eigenvalue weighted by Crippen LogP contribution is -2.44. The first-order valence-corrected chi connectivity index (χ1v) is 7.28. The molecule has 4 nitrogen and oxygen atoms in total. The maximum atomic E-state index is 13.6. The van der Waals surface area contributed by atoms with Crippen LogP contribution in [0.5, 0.6) is 0 Å². The Morgan fingerprint density at radius 3 is 2.65 bits per heavy atom. The van der Waals surface area contributed by atoms with Gasteiger partial charge in [0.2, 0.25) is 10.0 Å². The Bertz CT molecular complexity index is 517. The molecule has 17 heavy (non-hydrogen) atoms. The number of sulfonamides is 1. The van der Waals surface area contributed by atoms with Crippen molar-refractivity contribution < 1.29 is 12.8 Å². The zero-order valence-corrected chi connectivity index (χ0v) is 11.9. The zero-order valence-electron chi connectivity index (χ0n) is 9.50. The van der Waals surface area contributed by atoms with Gasteiger partial charge in [0.25, 0.3) is 0 Å². The van der Waals surface area contributed by atoms with Gasteiger partial charge in [-0.1, -0.05) is 15.9 Å². The summed E-state index contributed by atoms with van der Waals surface area (Å²) in [6.07, 6.45) is 0. The van der Waals surface area contributed by atoms with Crippen LogP contribution in [0.2, 0.25) is 0 Å². The first-order chi connectivity index (χ1) is 7.68. The molecule has 0 aromatic heterocycles. The van der Waals surface area contributed by atoms with E-state index in [1.54, 1.807) is 0 Å². The monoisotopic (exact) mass is 324 g/mol. The number of hydrogen-bond acceptors (Lipinski definition) is 3. The molecule has 7 heteroatoms. The van der Waals surface area contributed by atoms with Crippen LogP contribution in [0, 0.1) is 5.82 Å². The third-order valence-electron chi connectivity index (χ3n) is 2.34. The summed E-state index contributed by atoms with van der Waals surface area (Å²) in [7, 11) is -2.22. The fourth-order valence-corrected chi connectivity index (χ4v) is 2.93. The van der Waals surface area contributed by atoms with Crippen LogP contribution in [0.4, 0.5) is 4.39 Å². The molecule has 0 radical (unpaired) electrons. The smallest absolute Gasteiger partial charge is 0.213 e. The molecule has 1 rings (SSSR count). The van der Waals surface area contributed by atoms with Crippen LogP contribution >= 0.6 is 15.9 Å². The predicted molar refractivity (Wildman–Crippen MR) is 68.5 cm³/mol. The van der Waals surface area contributed by atoms with Gasteiger partial charge in [-0.2, -0.15) is 0 Å². The molecule has 0 spiro atoms. The molecule has 1 aromatic carbocycles. The van der Waals surface area contributed by atoms with E-state index in [9.17, 15) is 12.8 Å². The number of rotatable bonds is 4. The highest BCUT2D eigenvalue weighted by Crippen LogP contribution is 2.25. The van der Waals surface area contributed by atoms with E-state index in [2.05, 4.69) is 20.7 Å². The Morgan fingerprint density at radius 2 is 2.12 bits per heavy atom. The van der Waals surface area contributed by atoms with Gasteiger partial charge in [-0.3, -0.25) is 0 Å². The van der Waals surface area contributed by atoms with E-state index in [-0.39, 0.29) is 11.3 Å². The topological polar surface area (TPSA) is 72.2 Å². The van der Waals surface area contributed by atoms with Crippen molar-refractivity contribution in [1.29, 1.82) is 0 Å². The van der Waals surface area contributed by atoms with Gasteiger partial charge in [-0.25, -0.2) is 17.5 Å². The SMILES string of the molecule is CNS(=O)(=O)CC(C)(N)c1cc(Br)ccc1F. The van der Waals surface area contributed by atoms with Crippen LogP contribution in [0.1, 0.15) is 12.5 Å². The van der Waals surface area contributed by atoms with Crippen molar-refractivity contribution in [3.05, 3.63) is 34.1 Å². The molecule has 0 aliphatic heterocycles. The Kier molecular flexibility index (Phi) is 4.29. The summed E-state index contributed by atoms with van der Waals surface area (Å²) in [6.45, 7) is 1.48. The second kappa shape index (κ2) is 5.01. The maximum absolute atomic E-state index is 13.6. The molecule has 0 aliphatic carbocycles. The van der Waals surface area contributed by atoms with Crippen LogP contribution in [0.25, 0.3) is 0 Å². The van der Waals surface area contributed by atoms with Gasteiger partial charge in [0.15, 0.2) is 0 Å². The first kappa shape index (κ1) is 14.6. The van der Waals surface area contributed by atoms with E-state index in [0.717, 1.165) is 0 Å². The van der Waals surface area contributed by atoms with E-state index in [1.165, 1.54) is 32.2 Å². The Morgan fingerprint density at radius 1 is 1.53 bits per heavy atom. The molecule has 1 aromatic rings. The molecule has 0 aliphatic rings. The van der Waals surface area contributed by atoms with Crippen molar-refractivity contribution in [3.8, 4) is 0 Å². The summed E-state index contributed by atoms with van der Waals surface area (Å²) in [6, 6.07) is 4.26. The molecule has 0 saturated carbocycles. The van der Waals surface area contributed by atoms with Crippen LogP contribution in [0.3, 0.4) is 0 Å². The van der Waals surface area contributed by atoms with E-state index in [1.807, 2.05) is 0 Å². The van der Waals surface area contributed by atoms with Gasteiger partial charge in [-0.15, -0.1) is 0 Å². The fourth-order valence-electron chi connectivity index (χ4n) is 1.48. The van der Waals surface area contributed by atoms with E-state index < -0.39 is 21.4 Å². The Balaban J connectivity index is 3.17. The van der Waals surface area contributed by atoms with Crippen LogP contribution < -0.4 is 10.5 Å². The van der Waals surface area contributed by atoms with Crippen molar-refractivity contribution in [2.75, 3.05) is 12.8 Å². The minimum atomic E-state index is -3.51. The van der Waals surface area contributed by atoms with Gasteiger partial charge < -0.3 is 5.73 Å². The van der Waals surface area contributed by atoms with Crippen molar-refractivity contribution in [3.63, 3.8) is 0 Å². The lowest BCUT2D eigenvalue weighted by Gasteiger charge is -2.25.